The van der Waals surface area contributed by atoms with E-state index in [0.717, 1.165) is 12.2 Å². The van der Waals surface area contributed by atoms with Crippen molar-refractivity contribution >= 4 is 11.8 Å². The summed E-state index contributed by atoms with van der Waals surface area (Å²) in [4.78, 5) is 0. The van der Waals surface area contributed by atoms with E-state index in [-0.39, 0.29) is 0 Å². The van der Waals surface area contributed by atoms with Gasteiger partial charge in [-0.1, -0.05) is 64.7 Å². The normalized spacial score (nSPS) is 28.4. The van der Waals surface area contributed by atoms with Crippen LogP contribution in [0, 0.1) is 0 Å². The van der Waals surface area contributed by atoms with Crippen molar-refractivity contribution in [3.8, 4) is 0 Å². The standard InChI is InChI=1S/C18H36O5S/c1-2-3-4-5-6-7-8-9-10-11-12-24-18-16(22)15(21)17(23-18)14(20)13-19/h14-22H,2-13H2,1H3. The molecule has 1 saturated heterocycles. The van der Waals surface area contributed by atoms with E-state index in [0.29, 0.717) is 0 Å². The molecule has 0 aromatic rings. The number of ether oxygens (including phenoxy) is 1. The van der Waals surface area contributed by atoms with E-state index in [9.17, 15) is 15.3 Å². The molecule has 1 rings (SSSR count). The van der Waals surface area contributed by atoms with Gasteiger partial charge < -0.3 is 25.2 Å². The van der Waals surface area contributed by atoms with Crippen molar-refractivity contribution in [1.29, 1.82) is 0 Å². The number of aliphatic hydroxyl groups excluding tert-OH is 4. The van der Waals surface area contributed by atoms with Crippen LogP contribution in [0.25, 0.3) is 0 Å². The summed E-state index contributed by atoms with van der Waals surface area (Å²) >= 11 is 1.48. The lowest BCUT2D eigenvalue weighted by atomic mass is 10.1. The first-order chi connectivity index (χ1) is 11.6. The van der Waals surface area contributed by atoms with Crippen molar-refractivity contribution in [2.45, 2.75) is 101 Å². The third kappa shape index (κ3) is 8.02. The van der Waals surface area contributed by atoms with E-state index < -0.39 is 36.5 Å². The highest BCUT2D eigenvalue weighted by molar-refractivity contribution is 7.99. The Morgan fingerprint density at radius 2 is 1.42 bits per heavy atom. The van der Waals surface area contributed by atoms with E-state index in [1.807, 2.05) is 0 Å². The van der Waals surface area contributed by atoms with Gasteiger partial charge in [0.1, 0.15) is 29.9 Å². The van der Waals surface area contributed by atoms with E-state index in [1.54, 1.807) is 0 Å². The molecule has 144 valence electrons. The van der Waals surface area contributed by atoms with Crippen molar-refractivity contribution < 1.29 is 25.2 Å². The van der Waals surface area contributed by atoms with Gasteiger partial charge in [0.05, 0.1) is 6.61 Å². The molecule has 5 unspecified atom stereocenters. The minimum Gasteiger partial charge on any atom is -0.394 e. The molecule has 0 spiro atoms. The fraction of sp³-hybridized carbons (Fsp3) is 1.00. The molecule has 5 nitrogen and oxygen atoms in total. The summed E-state index contributed by atoms with van der Waals surface area (Å²) in [5.74, 6) is 0.868. The van der Waals surface area contributed by atoms with E-state index in [1.165, 1.54) is 69.5 Å². The second-order valence-electron chi connectivity index (χ2n) is 6.75. The smallest absolute Gasteiger partial charge is 0.132 e. The highest BCUT2D eigenvalue weighted by Crippen LogP contribution is 2.31. The fourth-order valence-corrected chi connectivity index (χ4v) is 4.19. The Kier molecular flexibility index (Phi) is 12.4. The average molecular weight is 365 g/mol. The number of unbranched alkanes of at least 4 members (excludes halogenated alkanes) is 9. The molecule has 0 aromatic carbocycles. The topological polar surface area (TPSA) is 90.2 Å². The number of rotatable bonds is 14. The monoisotopic (exact) mass is 364 g/mol. The molecule has 0 saturated carbocycles. The summed E-state index contributed by atoms with van der Waals surface area (Å²) in [7, 11) is 0. The molecule has 0 aliphatic carbocycles. The van der Waals surface area contributed by atoms with Crippen LogP contribution in [0.5, 0.6) is 0 Å². The summed E-state index contributed by atoms with van der Waals surface area (Å²) < 4.78 is 5.48. The molecule has 4 N–H and O–H groups in total. The molecule has 1 heterocycles. The minimum atomic E-state index is -1.16. The maximum atomic E-state index is 9.95. The van der Waals surface area contributed by atoms with Gasteiger partial charge in [0.25, 0.3) is 0 Å². The van der Waals surface area contributed by atoms with Gasteiger partial charge in [-0.05, 0) is 12.2 Å². The van der Waals surface area contributed by atoms with Crippen molar-refractivity contribution in [3.63, 3.8) is 0 Å². The SMILES string of the molecule is CCCCCCCCCCCCSC1OC(C(O)CO)C(O)C1O. The Morgan fingerprint density at radius 3 is 1.96 bits per heavy atom. The van der Waals surface area contributed by atoms with Crippen LogP contribution < -0.4 is 0 Å². The van der Waals surface area contributed by atoms with Gasteiger partial charge >= 0.3 is 0 Å². The third-order valence-electron chi connectivity index (χ3n) is 4.60. The molecule has 0 bridgehead atoms. The lowest BCUT2D eigenvalue weighted by Crippen LogP contribution is -2.40. The Morgan fingerprint density at radius 1 is 0.875 bits per heavy atom. The fourth-order valence-electron chi connectivity index (χ4n) is 3.02. The molecule has 24 heavy (non-hydrogen) atoms. The van der Waals surface area contributed by atoms with Crippen LogP contribution in [0.1, 0.15) is 71.1 Å². The van der Waals surface area contributed by atoms with Gasteiger partial charge in [0.15, 0.2) is 0 Å². The summed E-state index contributed by atoms with van der Waals surface area (Å²) in [5.41, 5.74) is -0.523. The van der Waals surface area contributed by atoms with E-state index in [2.05, 4.69) is 6.92 Å². The first-order valence-electron chi connectivity index (χ1n) is 9.54. The Bertz CT molecular complexity index is 305. The van der Waals surface area contributed by atoms with Crippen LogP contribution in [-0.2, 0) is 4.74 Å². The number of aliphatic hydroxyl groups is 4. The van der Waals surface area contributed by atoms with Gasteiger partial charge in [0, 0.05) is 0 Å². The minimum absolute atomic E-state index is 0.482. The first kappa shape index (κ1) is 22.2. The van der Waals surface area contributed by atoms with Gasteiger partial charge in [-0.3, -0.25) is 0 Å². The van der Waals surface area contributed by atoms with Gasteiger partial charge in [-0.25, -0.2) is 0 Å². The van der Waals surface area contributed by atoms with Crippen molar-refractivity contribution in [3.05, 3.63) is 0 Å². The molecular formula is C18H36O5S. The zero-order valence-corrected chi connectivity index (χ0v) is 15.8. The lowest BCUT2D eigenvalue weighted by Gasteiger charge is -2.18. The molecule has 0 amide bonds. The molecule has 5 atom stereocenters. The maximum Gasteiger partial charge on any atom is 0.132 e. The predicted molar refractivity (Wildman–Crippen MR) is 98.1 cm³/mol. The predicted octanol–water partition coefficient (Wildman–Crippen LogP) is 2.44. The Balaban J connectivity index is 1.99. The molecule has 1 aliphatic rings. The highest BCUT2D eigenvalue weighted by atomic mass is 32.2. The van der Waals surface area contributed by atoms with E-state index in [4.69, 9.17) is 9.84 Å². The van der Waals surface area contributed by atoms with Crippen LogP contribution in [0.3, 0.4) is 0 Å². The largest absolute Gasteiger partial charge is 0.394 e. The van der Waals surface area contributed by atoms with Crippen LogP contribution in [-0.4, -0.2) is 62.6 Å². The third-order valence-corrected chi connectivity index (χ3v) is 5.85. The number of hydrogen-bond acceptors (Lipinski definition) is 6. The molecule has 6 heteroatoms. The zero-order chi connectivity index (χ0) is 17.8. The average Bonchev–Trinajstić information content (AvgIpc) is 2.87. The van der Waals surface area contributed by atoms with Crippen LogP contribution in [0.15, 0.2) is 0 Å². The number of thioether (sulfide) groups is 1. The Hall–Kier alpha value is 0.150. The van der Waals surface area contributed by atoms with Crippen molar-refractivity contribution in [2.24, 2.45) is 0 Å². The van der Waals surface area contributed by atoms with Crippen LogP contribution in [0.2, 0.25) is 0 Å². The molecular weight excluding hydrogens is 328 g/mol. The molecule has 0 radical (unpaired) electrons. The quantitative estimate of drug-likeness (QED) is 0.354. The second-order valence-corrected chi connectivity index (χ2v) is 7.96. The zero-order valence-electron chi connectivity index (χ0n) is 15.0. The van der Waals surface area contributed by atoms with Crippen molar-refractivity contribution in [1.82, 2.24) is 0 Å². The molecule has 0 aromatic heterocycles. The summed E-state index contributed by atoms with van der Waals surface area (Å²) in [6.45, 7) is 1.76. The summed E-state index contributed by atoms with van der Waals surface area (Å²) in [6.07, 6.45) is 8.64. The highest BCUT2D eigenvalue weighted by Gasteiger charge is 2.45. The second kappa shape index (κ2) is 13.4. The lowest BCUT2D eigenvalue weighted by molar-refractivity contribution is -0.0713. The van der Waals surface area contributed by atoms with Gasteiger partial charge in [0.2, 0.25) is 0 Å². The summed E-state index contributed by atoms with van der Waals surface area (Å²) in [6, 6.07) is 0. The molecule has 1 fully saturated rings. The van der Waals surface area contributed by atoms with E-state index >= 15 is 0 Å². The van der Waals surface area contributed by atoms with Crippen LogP contribution >= 0.6 is 11.8 Å². The maximum absolute atomic E-state index is 9.95. The van der Waals surface area contributed by atoms with Gasteiger partial charge in [-0.15, -0.1) is 11.8 Å². The number of hydrogen-bond donors (Lipinski definition) is 4. The molecule has 1 aliphatic heterocycles. The van der Waals surface area contributed by atoms with Crippen molar-refractivity contribution in [2.75, 3.05) is 12.4 Å². The summed E-state index contributed by atoms with van der Waals surface area (Å²) in [5, 5.41) is 38.3. The van der Waals surface area contributed by atoms with Crippen LogP contribution in [0.4, 0.5) is 0 Å². The Labute approximate surface area is 150 Å². The van der Waals surface area contributed by atoms with Gasteiger partial charge in [-0.2, -0.15) is 0 Å². The first-order valence-corrected chi connectivity index (χ1v) is 10.6.